The molecule has 2 aliphatic rings. The third kappa shape index (κ3) is 3.98. The molecule has 4 rings (SSSR count). The monoisotopic (exact) mass is 365 g/mol. The smallest absolute Gasteiger partial charge is 0.229 e. The molecule has 0 unspecified atom stereocenters. The van der Waals surface area contributed by atoms with Crippen molar-refractivity contribution >= 4 is 5.91 Å². The normalized spacial score (nSPS) is 24.8. The number of nitrogens with one attached hydrogen (secondary N) is 1. The molecule has 0 radical (unpaired) electrons. The van der Waals surface area contributed by atoms with Gasteiger partial charge in [-0.1, -0.05) is 24.3 Å². The molecular formula is C22H27N3O2. The number of hydrogen-bond acceptors (Lipinski definition) is 4. The first-order valence-corrected chi connectivity index (χ1v) is 9.79. The zero-order valence-electron chi connectivity index (χ0n) is 15.9. The van der Waals surface area contributed by atoms with E-state index in [-0.39, 0.29) is 11.5 Å². The molecule has 1 spiro atoms. The molecule has 2 heterocycles. The van der Waals surface area contributed by atoms with Crippen LogP contribution in [0.3, 0.4) is 0 Å². The molecule has 5 nitrogen and oxygen atoms in total. The molecule has 0 saturated heterocycles. The summed E-state index contributed by atoms with van der Waals surface area (Å²) in [4.78, 5) is 19.4. The van der Waals surface area contributed by atoms with Crippen LogP contribution in [0.5, 0.6) is 5.75 Å². The van der Waals surface area contributed by atoms with Crippen molar-refractivity contribution in [2.45, 2.75) is 50.3 Å². The first-order valence-electron chi connectivity index (χ1n) is 9.79. The molecule has 27 heavy (non-hydrogen) atoms. The molecule has 1 aliphatic heterocycles. The summed E-state index contributed by atoms with van der Waals surface area (Å²) in [5.74, 6) is 1.04. The van der Waals surface area contributed by atoms with Gasteiger partial charge in [0.05, 0.1) is 13.0 Å². The standard InChI is InChI=1S/C22H27N3O2/c1-23-18-9-11-22(12-10-18)16-25(15-17-6-2-3-8-20(17)27-22)21(26)14-19-7-4-5-13-24-19/h2-8,13,18,23H,9-12,14-16H2,1H3. The van der Waals surface area contributed by atoms with E-state index in [4.69, 9.17) is 4.74 Å². The fourth-order valence-electron chi connectivity index (χ4n) is 4.25. The summed E-state index contributed by atoms with van der Waals surface area (Å²) in [5, 5.41) is 3.38. The maximum Gasteiger partial charge on any atom is 0.229 e. The fraction of sp³-hybridized carbons (Fsp3) is 0.455. The molecule has 1 fully saturated rings. The highest BCUT2D eigenvalue weighted by molar-refractivity contribution is 5.78. The molecule has 1 aromatic carbocycles. The number of nitrogens with zero attached hydrogens (tertiary/aromatic N) is 2. The van der Waals surface area contributed by atoms with Crippen molar-refractivity contribution in [2.24, 2.45) is 0 Å². The third-order valence-corrected chi connectivity index (χ3v) is 5.86. The topological polar surface area (TPSA) is 54.5 Å². The molecule has 1 saturated carbocycles. The van der Waals surface area contributed by atoms with Gasteiger partial charge in [0.15, 0.2) is 0 Å². The third-order valence-electron chi connectivity index (χ3n) is 5.86. The fourth-order valence-corrected chi connectivity index (χ4v) is 4.25. The second-order valence-electron chi connectivity index (χ2n) is 7.70. The van der Waals surface area contributed by atoms with Gasteiger partial charge in [0.1, 0.15) is 11.4 Å². The van der Waals surface area contributed by atoms with Gasteiger partial charge >= 0.3 is 0 Å². The van der Waals surface area contributed by atoms with Crippen LogP contribution in [0.15, 0.2) is 48.7 Å². The lowest BCUT2D eigenvalue weighted by Crippen LogP contribution is -2.51. The number of benzene rings is 1. The molecule has 1 amide bonds. The van der Waals surface area contributed by atoms with Gasteiger partial charge in [-0.15, -0.1) is 0 Å². The molecule has 2 aromatic rings. The first-order chi connectivity index (χ1) is 13.2. The summed E-state index contributed by atoms with van der Waals surface area (Å²) in [6.45, 7) is 1.24. The van der Waals surface area contributed by atoms with Crippen LogP contribution in [0.2, 0.25) is 0 Å². The molecule has 1 N–H and O–H groups in total. The minimum Gasteiger partial charge on any atom is -0.485 e. The number of carbonyl (C=O) groups is 1. The van der Waals surface area contributed by atoms with Gasteiger partial charge in [-0.3, -0.25) is 9.78 Å². The average molecular weight is 365 g/mol. The Labute approximate surface area is 160 Å². The lowest BCUT2D eigenvalue weighted by molar-refractivity contribution is -0.134. The molecule has 0 atom stereocenters. The number of ether oxygens (including phenoxy) is 1. The summed E-state index contributed by atoms with van der Waals surface area (Å²) in [7, 11) is 2.02. The van der Waals surface area contributed by atoms with Crippen molar-refractivity contribution in [1.29, 1.82) is 0 Å². The summed E-state index contributed by atoms with van der Waals surface area (Å²) in [5.41, 5.74) is 1.60. The van der Waals surface area contributed by atoms with Crippen molar-refractivity contribution in [3.63, 3.8) is 0 Å². The highest BCUT2D eigenvalue weighted by atomic mass is 16.5. The van der Waals surface area contributed by atoms with Crippen LogP contribution in [0, 0.1) is 0 Å². The van der Waals surface area contributed by atoms with Gasteiger partial charge in [-0.2, -0.15) is 0 Å². The second-order valence-corrected chi connectivity index (χ2v) is 7.70. The van der Waals surface area contributed by atoms with Crippen LogP contribution < -0.4 is 10.1 Å². The lowest BCUT2D eigenvalue weighted by atomic mass is 9.81. The number of amides is 1. The van der Waals surface area contributed by atoms with E-state index in [1.807, 2.05) is 48.3 Å². The quantitative estimate of drug-likeness (QED) is 0.909. The summed E-state index contributed by atoms with van der Waals surface area (Å²) < 4.78 is 6.57. The Hall–Kier alpha value is -2.40. The Morgan fingerprint density at radius 1 is 1.22 bits per heavy atom. The Bertz CT molecular complexity index is 785. The van der Waals surface area contributed by atoms with E-state index in [0.717, 1.165) is 42.7 Å². The van der Waals surface area contributed by atoms with Gasteiger partial charge in [-0.05, 0) is 50.9 Å². The van der Waals surface area contributed by atoms with Crippen LogP contribution >= 0.6 is 0 Å². The van der Waals surface area contributed by atoms with Crippen molar-refractivity contribution in [3.05, 3.63) is 59.9 Å². The highest BCUT2D eigenvalue weighted by Gasteiger charge is 2.42. The molecule has 142 valence electrons. The summed E-state index contributed by atoms with van der Waals surface area (Å²) in [6, 6.07) is 14.4. The van der Waals surface area contributed by atoms with Gasteiger partial charge in [0.25, 0.3) is 0 Å². The number of para-hydroxylation sites is 1. The molecular weight excluding hydrogens is 338 g/mol. The largest absolute Gasteiger partial charge is 0.485 e. The van der Waals surface area contributed by atoms with Gasteiger partial charge in [0.2, 0.25) is 5.91 Å². The van der Waals surface area contributed by atoms with E-state index >= 15 is 0 Å². The zero-order valence-corrected chi connectivity index (χ0v) is 15.9. The average Bonchev–Trinajstić information content (AvgIpc) is 2.86. The molecule has 1 aliphatic carbocycles. The molecule has 5 heteroatoms. The Balaban J connectivity index is 1.59. The van der Waals surface area contributed by atoms with E-state index in [9.17, 15) is 4.79 Å². The second kappa shape index (κ2) is 7.69. The minimum absolute atomic E-state index is 0.115. The number of fused-ring (bicyclic) bond motifs is 1. The Kier molecular flexibility index (Phi) is 5.12. The predicted octanol–water partition coefficient (Wildman–Crippen LogP) is 2.95. The number of aromatic nitrogens is 1. The Morgan fingerprint density at radius 3 is 2.74 bits per heavy atom. The van der Waals surface area contributed by atoms with Crippen LogP contribution in [-0.2, 0) is 17.8 Å². The number of rotatable bonds is 3. The number of hydrogen-bond donors (Lipinski definition) is 1. The van der Waals surface area contributed by atoms with Crippen molar-refractivity contribution in [3.8, 4) is 5.75 Å². The van der Waals surface area contributed by atoms with Crippen LogP contribution in [0.4, 0.5) is 0 Å². The van der Waals surface area contributed by atoms with E-state index in [1.54, 1.807) is 6.20 Å². The first kappa shape index (κ1) is 18.0. The van der Waals surface area contributed by atoms with Crippen molar-refractivity contribution in [1.82, 2.24) is 15.2 Å². The maximum absolute atomic E-state index is 13.1. The zero-order chi connectivity index (χ0) is 18.7. The van der Waals surface area contributed by atoms with Crippen LogP contribution in [0.1, 0.15) is 36.9 Å². The summed E-state index contributed by atoms with van der Waals surface area (Å²) >= 11 is 0. The highest BCUT2D eigenvalue weighted by Crippen LogP contribution is 2.38. The van der Waals surface area contributed by atoms with Gasteiger partial charge in [0, 0.05) is 30.0 Å². The van der Waals surface area contributed by atoms with Gasteiger partial charge < -0.3 is 15.0 Å². The molecule has 1 aromatic heterocycles. The van der Waals surface area contributed by atoms with E-state index in [1.165, 1.54) is 0 Å². The minimum atomic E-state index is -0.292. The van der Waals surface area contributed by atoms with Crippen LogP contribution in [-0.4, -0.2) is 41.0 Å². The molecule has 0 bridgehead atoms. The predicted molar refractivity (Wildman–Crippen MR) is 104 cm³/mol. The Morgan fingerprint density at radius 2 is 2.00 bits per heavy atom. The lowest BCUT2D eigenvalue weighted by Gasteiger charge is -2.41. The van der Waals surface area contributed by atoms with E-state index in [0.29, 0.717) is 25.6 Å². The number of pyridine rings is 1. The van der Waals surface area contributed by atoms with E-state index in [2.05, 4.69) is 16.4 Å². The summed E-state index contributed by atoms with van der Waals surface area (Å²) in [6.07, 6.45) is 6.13. The van der Waals surface area contributed by atoms with Crippen LogP contribution in [0.25, 0.3) is 0 Å². The number of carbonyl (C=O) groups excluding carboxylic acids is 1. The van der Waals surface area contributed by atoms with Crippen molar-refractivity contribution in [2.75, 3.05) is 13.6 Å². The van der Waals surface area contributed by atoms with Gasteiger partial charge in [-0.25, -0.2) is 0 Å². The van der Waals surface area contributed by atoms with E-state index < -0.39 is 0 Å². The maximum atomic E-state index is 13.1. The SMILES string of the molecule is CNC1CCC2(CC1)CN(C(=O)Cc1ccccn1)Cc1ccccc1O2. The van der Waals surface area contributed by atoms with Crippen molar-refractivity contribution < 1.29 is 9.53 Å².